The van der Waals surface area contributed by atoms with Gasteiger partial charge in [0.25, 0.3) is 5.91 Å². The van der Waals surface area contributed by atoms with Crippen LogP contribution in [0.25, 0.3) is 0 Å². The van der Waals surface area contributed by atoms with Gasteiger partial charge in [0.05, 0.1) is 12.1 Å². The van der Waals surface area contributed by atoms with Crippen LogP contribution in [0.1, 0.15) is 10.4 Å². The van der Waals surface area contributed by atoms with Crippen molar-refractivity contribution >= 4 is 23.2 Å². The SMILES string of the molecule is C=C(Cl)CNC(=O)c1cc(N)ccc1F. The molecule has 0 unspecified atom stereocenters. The van der Waals surface area contributed by atoms with E-state index in [1.807, 2.05) is 0 Å². The van der Waals surface area contributed by atoms with Gasteiger partial charge in [0.15, 0.2) is 0 Å². The Morgan fingerprint density at radius 1 is 1.60 bits per heavy atom. The van der Waals surface area contributed by atoms with Gasteiger partial charge >= 0.3 is 0 Å². The minimum atomic E-state index is -0.623. The smallest absolute Gasteiger partial charge is 0.254 e. The molecular weight excluding hydrogens is 219 g/mol. The maximum Gasteiger partial charge on any atom is 0.254 e. The maximum absolute atomic E-state index is 13.2. The summed E-state index contributed by atoms with van der Waals surface area (Å²) >= 11 is 5.45. The van der Waals surface area contributed by atoms with E-state index in [4.69, 9.17) is 17.3 Å². The van der Waals surface area contributed by atoms with Crippen LogP contribution >= 0.6 is 11.6 Å². The number of hydrogen-bond acceptors (Lipinski definition) is 2. The van der Waals surface area contributed by atoms with E-state index in [0.29, 0.717) is 5.69 Å². The molecule has 1 amide bonds. The summed E-state index contributed by atoms with van der Waals surface area (Å²) in [6, 6.07) is 3.79. The number of nitrogens with one attached hydrogen (secondary N) is 1. The van der Waals surface area contributed by atoms with Crippen LogP contribution in [0.5, 0.6) is 0 Å². The van der Waals surface area contributed by atoms with Crippen molar-refractivity contribution < 1.29 is 9.18 Å². The van der Waals surface area contributed by atoms with Gasteiger partial charge in [0.1, 0.15) is 5.82 Å². The summed E-state index contributed by atoms with van der Waals surface area (Å²) in [7, 11) is 0. The van der Waals surface area contributed by atoms with Crippen molar-refractivity contribution in [3.63, 3.8) is 0 Å². The van der Waals surface area contributed by atoms with E-state index < -0.39 is 11.7 Å². The molecule has 3 nitrogen and oxygen atoms in total. The monoisotopic (exact) mass is 228 g/mol. The summed E-state index contributed by atoms with van der Waals surface area (Å²) < 4.78 is 13.2. The molecule has 0 aromatic heterocycles. The van der Waals surface area contributed by atoms with Crippen LogP contribution in [0.4, 0.5) is 10.1 Å². The summed E-state index contributed by atoms with van der Waals surface area (Å²) in [5.74, 6) is -1.19. The number of halogens is 2. The Morgan fingerprint density at radius 3 is 2.87 bits per heavy atom. The first kappa shape index (κ1) is 11.5. The molecule has 0 spiro atoms. The molecule has 0 atom stereocenters. The zero-order valence-corrected chi connectivity index (χ0v) is 8.64. The molecule has 15 heavy (non-hydrogen) atoms. The summed E-state index contributed by atoms with van der Waals surface area (Å²) in [6.45, 7) is 3.48. The lowest BCUT2D eigenvalue weighted by molar-refractivity contribution is 0.0953. The van der Waals surface area contributed by atoms with Crippen LogP contribution in [-0.2, 0) is 0 Å². The fourth-order valence-electron chi connectivity index (χ4n) is 0.988. The second kappa shape index (κ2) is 4.79. The minimum Gasteiger partial charge on any atom is -0.399 e. The number of nitrogen functional groups attached to an aromatic ring is 1. The summed E-state index contributed by atoms with van der Waals surface area (Å²) in [5.41, 5.74) is 5.65. The largest absolute Gasteiger partial charge is 0.399 e. The first-order chi connectivity index (χ1) is 7.00. The van der Waals surface area contributed by atoms with Gasteiger partial charge in [-0.05, 0) is 18.2 Å². The highest BCUT2D eigenvalue weighted by Gasteiger charge is 2.11. The molecule has 0 aliphatic carbocycles. The van der Waals surface area contributed by atoms with Gasteiger partial charge in [-0.15, -0.1) is 0 Å². The second-order valence-corrected chi connectivity index (χ2v) is 3.47. The molecule has 1 aromatic rings. The number of rotatable bonds is 3. The molecule has 0 bridgehead atoms. The van der Waals surface area contributed by atoms with Gasteiger partial charge < -0.3 is 11.1 Å². The number of anilines is 1. The fraction of sp³-hybridized carbons (Fsp3) is 0.100. The zero-order chi connectivity index (χ0) is 11.4. The maximum atomic E-state index is 13.2. The van der Waals surface area contributed by atoms with Crippen molar-refractivity contribution in [1.82, 2.24) is 5.32 Å². The summed E-state index contributed by atoms with van der Waals surface area (Å²) in [4.78, 5) is 11.4. The van der Waals surface area contributed by atoms with E-state index in [2.05, 4.69) is 11.9 Å². The molecule has 80 valence electrons. The van der Waals surface area contributed by atoms with Gasteiger partial charge in [0.2, 0.25) is 0 Å². The number of hydrogen-bond donors (Lipinski definition) is 2. The van der Waals surface area contributed by atoms with Crippen LogP contribution in [0.2, 0.25) is 0 Å². The molecule has 3 N–H and O–H groups in total. The molecule has 0 saturated heterocycles. The van der Waals surface area contributed by atoms with Gasteiger partial charge in [-0.3, -0.25) is 4.79 Å². The van der Waals surface area contributed by atoms with Crippen molar-refractivity contribution in [2.75, 3.05) is 12.3 Å². The Bertz CT molecular complexity index is 406. The molecule has 0 radical (unpaired) electrons. The Kier molecular flexibility index (Phi) is 3.68. The highest BCUT2D eigenvalue weighted by Crippen LogP contribution is 2.11. The average Bonchev–Trinajstić information content (AvgIpc) is 2.18. The summed E-state index contributed by atoms with van der Waals surface area (Å²) in [5, 5.41) is 2.67. The summed E-state index contributed by atoms with van der Waals surface area (Å²) in [6.07, 6.45) is 0. The minimum absolute atomic E-state index is 0.0919. The highest BCUT2D eigenvalue weighted by atomic mass is 35.5. The van der Waals surface area contributed by atoms with Crippen LogP contribution in [0.15, 0.2) is 29.8 Å². The van der Waals surface area contributed by atoms with Crippen LogP contribution in [0, 0.1) is 5.82 Å². The van der Waals surface area contributed by atoms with E-state index >= 15 is 0 Å². The molecule has 0 fully saturated rings. The molecule has 1 rings (SSSR count). The van der Waals surface area contributed by atoms with Crippen molar-refractivity contribution in [1.29, 1.82) is 0 Å². The second-order valence-electron chi connectivity index (χ2n) is 2.94. The third-order valence-corrected chi connectivity index (χ3v) is 1.81. The predicted molar refractivity (Wildman–Crippen MR) is 58.1 cm³/mol. The van der Waals surface area contributed by atoms with E-state index in [1.165, 1.54) is 12.1 Å². The van der Waals surface area contributed by atoms with Crippen molar-refractivity contribution in [2.45, 2.75) is 0 Å². The number of amides is 1. The normalized spacial score (nSPS) is 9.73. The quantitative estimate of drug-likeness (QED) is 0.777. The van der Waals surface area contributed by atoms with Crippen molar-refractivity contribution in [3.05, 3.63) is 41.2 Å². The first-order valence-electron chi connectivity index (χ1n) is 4.17. The lowest BCUT2D eigenvalue weighted by atomic mass is 10.2. The first-order valence-corrected chi connectivity index (χ1v) is 4.55. The van der Waals surface area contributed by atoms with E-state index in [-0.39, 0.29) is 17.1 Å². The van der Waals surface area contributed by atoms with Crippen LogP contribution in [0.3, 0.4) is 0 Å². The van der Waals surface area contributed by atoms with Gasteiger partial charge in [-0.25, -0.2) is 4.39 Å². The number of carbonyl (C=O) groups excluding carboxylic acids is 1. The highest BCUT2D eigenvalue weighted by molar-refractivity contribution is 6.29. The molecule has 0 aliphatic heterocycles. The third-order valence-electron chi connectivity index (χ3n) is 1.68. The number of benzene rings is 1. The Balaban J connectivity index is 2.81. The standard InChI is InChI=1S/C10H10ClFN2O/c1-6(11)5-14-10(15)8-4-7(13)2-3-9(8)12/h2-4H,1,5,13H2,(H,14,15). The fourth-order valence-corrected chi connectivity index (χ4v) is 1.06. The van der Waals surface area contributed by atoms with Crippen molar-refractivity contribution in [3.8, 4) is 0 Å². The van der Waals surface area contributed by atoms with Gasteiger partial charge in [-0.2, -0.15) is 0 Å². The molecular formula is C10H10ClFN2O. The predicted octanol–water partition coefficient (Wildman–Crippen LogP) is 1.89. The van der Waals surface area contributed by atoms with E-state index in [1.54, 1.807) is 0 Å². The number of nitrogens with two attached hydrogens (primary N) is 1. The number of carbonyl (C=O) groups is 1. The molecule has 0 saturated carbocycles. The Morgan fingerprint density at radius 2 is 2.27 bits per heavy atom. The van der Waals surface area contributed by atoms with Crippen LogP contribution in [-0.4, -0.2) is 12.5 Å². The lowest BCUT2D eigenvalue weighted by Gasteiger charge is -2.05. The Labute approximate surface area is 91.7 Å². The lowest BCUT2D eigenvalue weighted by Crippen LogP contribution is -2.25. The zero-order valence-electron chi connectivity index (χ0n) is 7.89. The van der Waals surface area contributed by atoms with Crippen molar-refractivity contribution in [2.24, 2.45) is 0 Å². The average molecular weight is 229 g/mol. The van der Waals surface area contributed by atoms with E-state index in [9.17, 15) is 9.18 Å². The molecule has 0 heterocycles. The molecule has 0 aliphatic rings. The van der Waals surface area contributed by atoms with Gasteiger partial charge in [0, 0.05) is 10.7 Å². The molecule has 1 aromatic carbocycles. The topological polar surface area (TPSA) is 55.1 Å². The van der Waals surface area contributed by atoms with E-state index in [0.717, 1.165) is 6.07 Å². The van der Waals surface area contributed by atoms with Crippen LogP contribution < -0.4 is 11.1 Å². The Hall–Kier alpha value is -1.55. The third kappa shape index (κ3) is 3.25. The van der Waals surface area contributed by atoms with Gasteiger partial charge in [-0.1, -0.05) is 18.2 Å². The molecule has 5 heteroatoms.